The van der Waals surface area contributed by atoms with Gasteiger partial charge in [0.1, 0.15) is 6.67 Å². The van der Waals surface area contributed by atoms with E-state index in [2.05, 4.69) is 14.5 Å². The van der Waals surface area contributed by atoms with Crippen LogP contribution in [0.5, 0.6) is 5.75 Å². The zero-order chi connectivity index (χ0) is 14.6. The summed E-state index contributed by atoms with van der Waals surface area (Å²) in [6, 6.07) is 0. The molecule has 0 aromatic carbocycles. The van der Waals surface area contributed by atoms with Crippen LogP contribution >= 0.6 is 0 Å². The van der Waals surface area contributed by atoms with E-state index in [4.69, 9.17) is 0 Å². The fraction of sp³-hybridized carbons (Fsp3) is 0.400. The van der Waals surface area contributed by atoms with E-state index in [1.165, 1.54) is 0 Å². The number of carbonyl (C=O) groups is 1. The Balaban J connectivity index is 3.12. The average Bonchev–Trinajstić information content (AvgIpc) is 2.31. The summed E-state index contributed by atoms with van der Waals surface area (Å²) >= 11 is 0. The van der Waals surface area contributed by atoms with Crippen LogP contribution in [0, 0.1) is 5.82 Å². The number of nitrogens with zero attached hydrogens (tertiary/aromatic N) is 1. The van der Waals surface area contributed by atoms with Crippen molar-refractivity contribution in [1.29, 1.82) is 0 Å². The molecule has 1 aromatic heterocycles. The molecule has 9 heteroatoms. The number of halogens is 5. The molecule has 0 spiro atoms. The van der Waals surface area contributed by atoms with Gasteiger partial charge in [0.05, 0.1) is 25.4 Å². The van der Waals surface area contributed by atoms with E-state index in [9.17, 15) is 26.7 Å². The highest BCUT2D eigenvalue weighted by atomic mass is 19.4. The predicted molar refractivity (Wildman–Crippen MR) is 51.4 cm³/mol. The number of ether oxygens (including phenoxy) is 2. The van der Waals surface area contributed by atoms with Gasteiger partial charge in [-0.15, -0.1) is 13.2 Å². The lowest BCUT2D eigenvalue weighted by Gasteiger charge is -2.12. The van der Waals surface area contributed by atoms with Crippen molar-refractivity contribution in [2.75, 3.05) is 7.11 Å². The molecule has 0 aliphatic heterocycles. The van der Waals surface area contributed by atoms with E-state index >= 15 is 0 Å². The van der Waals surface area contributed by atoms with Crippen molar-refractivity contribution in [2.24, 2.45) is 0 Å². The summed E-state index contributed by atoms with van der Waals surface area (Å²) in [6.07, 6.45) is -5.25. The van der Waals surface area contributed by atoms with Crippen molar-refractivity contribution in [3.05, 3.63) is 23.3 Å². The van der Waals surface area contributed by atoms with Crippen LogP contribution in [0.4, 0.5) is 22.0 Å². The lowest BCUT2D eigenvalue weighted by atomic mass is 10.1. The van der Waals surface area contributed by atoms with Gasteiger partial charge in [0, 0.05) is 5.56 Å². The van der Waals surface area contributed by atoms with Gasteiger partial charge in [0.15, 0.2) is 11.6 Å². The van der Waals surface area contributed by atoms with E-state index in [0.29, 0.717) is 6.20 Å². The number of rotatable bonds is 4. The summed E-state index contributed by atoms with van der Waals surface area (Å²) < 4.78 is 69.6. The normalized spacial score (nSPS) is 11.3. The molecule has 0 aliphatic rings. The maximum atomic E-state index is 13.6. The molecule has 0 unspecified atom stereocenters. The molecule has 1 aromatic rings. The molecule has 0 saturated carbocycles. The molecule has 1 rings (SSSR count). The maximum absolute atomic E-state index is 13.6. The lowest BCUT2D eigenvalue weighted by Crippen LogP contribution is -2.19. The van der Waals surface area contributed by atoms with Gasteiger partial charge in [-0.05, 0) is 0 Å². The van der Waals surface area contributed by atoms with Crippen LogP contribution in [0.25, 0.3) is 0 Å². The van der Waals surface area contributed by atoms with Crippen molar-refractivity contribution in [3.63, 3.8) is 0 Å². The van der Waals surface area contributed by atoms with Crippen molar-refractivity contribution in [2.45, 2.75) is 19.5 Å². The van der Waals surface area contributed by atoms with Crippen LogP contribution in [-0.4, -0.2) is 24.4 Å². The van der Waals surface area contributed by atoms with Gasteiger partial charge in [-0.25, -0.2) is 8.78 Å². The van der Waals surface area contributed by atoms with Crippen molar-refractivity contribution in [1.82, 2.24) is 4.98 Å². The molecule has 0 N–H and O–H groups in total. The zero-order valence-corrected chi connectivity index (χ0v) is 9.55. The minimum atomic E-state index is -5.13. The third-order valence-electron chi connectivity index (χ3n) is 2.07. The SMILES string of the molecule is COC(=O)Cc1ncc(OC(F)(F)F)c(F)c1CF. The van der Waals surface area contributed by atoms with Crippen LogP contribution in [0.1, 0.15) is 11.3 Å². The molecule has 0 fully saturated rings. The third-order valence-corrected chi connectivity index (χ3v) is 2.07. The number of aromatic nitrogens is 1. The Bertz CT molecular complexity index is 475. The fourth-order valence-electron chi connectivity index (χ4n) is 1.24. The first kappa shape index (κ1) is 15.1. The highest BCUT2D eigenvalue weighted by Crippen LogP contribution is 2.28. The van der Waals surface area contributed by atoms with E-state index in [1.54, 1.807) is 0 Å². The largest absolute Gasteiger partial charge is 0.573 e. The van der Waals surface area contributed by atoms with E-state index in [0.717, 1.165) is 7.11 Å². The minimum Gasteiger partial charge on any atom is -0.469 e. The van der Waals surface area contributed by atoms with E-state index in [1.807, 2.05) is 0 Å². The Kier molecular flexibility index (Phi) is 4.62. The summed E-state index contributed by atoms with van der Waals surface area (Å²) in [5.41, 5.74) is -1.12. The summed E-state index contributed by atoms with van der Waals surface area (Å²) in [5.74, 6) is -3.63. The molecule has 4 nitrogen and oxygen atoms in total. The number of hydrogen-bond acceptors (Lipinski definition) is 4. The molecule has 106 valence electrons. The number of carbonyl (C=O) groups excluding carboxylic acids is 1. The Morgan fingerprint density at radius 1 is 1.42 bits per heavy atom. The topological polar surface area (TPSA) is 48.4 Å². The molecule has 0 radical (unpaired) electrons. The minimum absolute atomic E-state index is 0.346. The number of esters is 1. The van der Waals surface area contributed by atoms with E-state index < -0.39 is 42.6 Å². The standard InChI is InChI=1S/C10H8F5NO3/c1-18-8(17)2-6-5(3-11)9(12)7(4-16-6)19-10(13,14)15/h4H,2-3H2,1H3. The number of hydrogen-bond donors (Lipinski definition) is 0. The highest BCUT2D eigenvalue weighted by molar-refractivity contribution is 5.72. The lowest BCUT2D eigenvalue weighted by molar-refractivity contribution is -0.275. The molecule has 1 heterocycles. The quantitative estimate of drug-likeness (QED) is 0.629. The maximum Gasteiger partial charge on any atom is 0.573 e. The first-order chi connectivity index (χ1) is 8.78. The first-order valence-electron chi connectivity index (χ1n) is 4.83. The van der Waals surface area contributed by atoms with Crippen molar-refractivity contribution >= 4 is 5.97 Å². The zero-order valence-electron chi connectivity index (χ0n) is 9.55. The Hall–Kier alpha value is -1.93. The average molecular weight is 285 g/mol. The smallest absolute Gasteiger partial charge is 0.469 e. The van der Waals surface area contributed by atoms with E-state index in [-0.39, 0.29) is 5.69 Å². The molecule has 0 aliphatic carbocycles. The Labute approximate surface area is 104 Å². The second kappa shape index (κ2) is 5.81. The number of pyridine rings is 1. The molecule has 0 saturated heterocycles. The molecule has 0 bridgehead atoms. The molecule has 0 amide bonds. The van der Waals surface area contributed by atoms with Gasteiger partial charge >= 0.3 is 12.3 Å². The fourth-order valence-corrected chi connectivity index (χ4v) is 1.24. The van der Waals surface area contributed by atoms with Gasteiger partial charge in [-0.1, -0.05) is 0 Å². The summed E-state index contributed by atoms with van der Waals surface area (Å²) in [7, 11) is 1.05. The number of methoxy groups -OCH3 is 1. The third kappa shape index (κ3) is 4.04. The van der Waals surface area contributed by atoms with Gasteiger partial charge in [-0.3, -0.25) is 9.78 Å². The summed E-state index contributed by atoms with van der Waals surface area (Å²) in [5, 5.41) is 0. The summed E-state index contributed by atoms with van der Waals surface area (Å²) in [4.78, 5) is 14.3. The van der Waals surface area contributed by atoms with Gasteiger partial charge in [-0.2, -0.15) is 0 Å². The second-order valence-electron chi connectivity index (χ2n) is 3.30. The highest BCUT2D eigenvalue weighted by Gasteiger charge is 2.33. The van der Waals surface area contributed by atoms with Gasteiger partial charge in [0.2, 0.25) is 0 Å². The second-order valence-corrected chi connectivity index (χ2v) is 3.30. The van der Waals surface area contributed by atoms with Crippen LogP contribution in [0.3, 0.4) is 0 Å². The van der Waals surface area contributed by atoms with Crippen LogP contribution < -0.4 is 4.74 Å². The Morgan fingerprint density at radius 2 is 2.05 bits per heavy atom. The van der Waals surface area contributed by atoms with Crippen LogP contribution in [0.2, 0.25) is 0 Å². The van der Waals surface area contributed by atoms with Crippen molar-refractivity contribution < 1.29 is 36.2 Å². The first-order valence-corrected chi connectivity index (χ1v) is 4.83. The monoisotopic (exact) mass is 285 g/mol. The van der Waals surface area contributed by atoms with Gasteiger partial charge < -0.3 is 9.47 Å². The summed E-state index contributed by atoms with van der Waals surface area (Å²) in [6.45, 7) is -1.43. The number of alkyl halides is 4. The molecular weight excluding hydrogens is 277 g/mol. The van der Waals surface area contributed by atoms with Crippen molar-refractivity contribution in [3.8, 4) is 5.75 Å². The molecule has 19 heavy (non-hydrogen) atoms. The molecular formula is C10H8F5NO3. The van der Waals surface area contributed by atoms with Crippen LogP contribution in [0.15, 0.2) is 6.20 Å². The van der Waals surface area contributed by atoms with Crippen LogP contribution in [-0.2, 0) is 22.6 Å². The predicted octanol–water partition coefficient (Wildman–Crippen LogP) is 2.30. The molecule has 0 atom stereocenters. The van der Waals surface area contributed by atoms with Gasteiger partial charge in [0.25, 0.3) is 0 Å². The Morgan fingerprint density at radius 3 is 2.53 bits per heavy atom.